The highest BCUT2D eigenvalue weighted by Crippen LogP contribution is 2.19. The van der Waals surface area contributed by atoms with E-state index in [1.165, 1.54) is 0 Å². The first-order valence-corrected chi connectivity index (χ1v) is 4.84. The molecule has 16 heavy (non-hydrogen) atoms. The van der Waals surface area contributed by atoms with Gasteiger partial charge in [0.1, 0.15) is 5.82 Å². The van der Waals surface area contributed by atoms with Crippen molar-refractivity contribution in [2.75, 3.05) is 13.2 Å². The van der Waals surface area contributed by atoms with E-state index in [1.807, 2.05) is 0 Å². The molecule has 0 aliphatic carbocycles. The van der Waals surface area contributed by atoms with E-state index in [1.54, 1.807) is 13.8 Å². The summed E-state index contributed by atoms with van der Waals surface area (Å²) in [6, 6.07) is 0. The average Bonchev–Trinajstić information content (AvgIpc) is 2.19. The maximum atomic E-state index is 10.4. The minimum Gasteiger partial charge on any atom is -0.479 e. The maximum Gasteiger partial charge on any atom is 0.341 e. The van der Waals surface area contributed by atoms with Gasteiger partial charge < -0.3 is 14.9 Å². The summed E-state index contributed by atoms with van der Waals surface area (Å²) in [5, 5.41) is 17.4. The van der Waals surface area contributed by atoms with E-state index in [4.69, 9.17) is 14.9 Å². The van der Waals surface area contributed by atoms with Crippen molar-refractivity contribution in [3.63, 3.8) is 0 Å². The Morgan fingerprint density at radius 2 is 2.06 bits per heavy atom. The monoisotopic (exact) mass is 226 g/mol. The molecule has 0 spiro atoms. The lowest BCUT2D eigenvalue weighted by molar-refractivity contribution is -0.139. The lowest BCUT2D eigenvalue weighted by atomic mass is 10.1. The van der Waals surface area contributed by atoms with Crippen molar-refractivity contribution < 1.29 is 19.7 Å². The van der Waals surface area contributed by atoms with Gasteiger partial charge in [0.2, 0.25) is 5.88 Å². The lowest BCUT2D eigenvalue weighted by Gasteiger charge is -2.11. The summed E-state index contributed by atoms with van der Waals surface area (Å²) in [6.45, 7) is 2.96. The SMILES string of the molecule is Cc1nc(C)c(CCO)c(OCC(=O)O)n1. The molecule has 0 saturated carbocycles. The van der Waals surface area contributed by atoms with Crippen LogP contribution in [0.5, 0.6) is 5.88 Å². The van der Waals surface area contributed by atoms with Crippen LogP contribution in [0.15, 0.2) is 0 Å². The molecule has 6 heteroatoms. The number of ether oxygens (including phenoxy) is 1. The van der Waals surface area contributed by atoms with Crippen LogP contribution in [0.3, 0.4) is 0 Å². The van der Waals surface area contributed by atoms with Crippen molar-refractivity contribution in [2.45, 2.75) is 20.3 Å². The normalized spacial score (nSPS) is 10.2. The molecule has 1 aromatic rings. The molecule has 0 fully saturated rings. The third-order valence-corrected chi connectivity index (χ3v) is 1.98. The highest BCUT2D eigenvalue weighted by atomic mass is 16.5. The number of aliphatic carboxylic acids is 1. The molecule has 1 heterocycles. The van der Waals surface area contributed by atoms with Gasteiger partial charge >= 0.3 is 5.97 Å². The smallest absolute Gasteiger partial charge is 0.341 e. The predicted molar refractivity (Wildman–Crippen MR) is 55.4 cm³/mol. The number of aliphatic hydroxyl groups is 1. The van der Waals surface area contributed by atoms with Gasteiger partial charge in [0, 0.05) is 24.3 Å². The minimum atomic E-state index is -1.07. The molecule has 2 N–H and O–H groups in total. The summed E-state index contributed by atoms with van der Waals surface area (Å²) in [5.74, 6) is -0.315. The fraction of sp³-hybridized carbons (Fsp3) is 0.500. The lowest BCUT2D eigenvalue weighted by Crippen LogP contribution is -2.14. The zero-order valence-corrected chi connectivity index (χ0v) is 9.23. The number of hydrogen-bond acceptors (Lipinski definition) is 5. The van der Waals surface area contributed by atoms with Gasteiger partial charge in [-0.15, -0.1) is 0 Å². The summed E-state index contributed by atoms with van der Waals surface area (Å²) in [7, 11) is 0. The second-order valence-corrected chi connectivity index (χ2v) is 3.30. The second kappa shape index (κ2) is 5.41. The van der Waals surface area contributed by atoms with Crippen molar-refractivity contribution in [3.8, 4) is 5.88 Å². The number of aliphatic hydroxyl groups excluding tert-OH is 1. The molecule has 88 valence electrons. The number of rotatable bonds is 5. The number of carboxylic acids is 1. The van der Waals surface area contributed by atoms with Crippen LogP contribution in [0.25, 0.3) is 0 Å². The van der Waals surface area contributed by atoms with E-state index in [0.717, 1.165) is 0 Å². The topological polar surface area (TPSA) is 92.5 Å². The van der Waals surface area contributed by atoms with Crippen LogP contribution in [-0.2, 0) is 11.2 Å². The van der Waals surface area contributed by atoms with Crippen LogP contribution in [0.2, 0.25) is 0 Å². The van der Waals surface area contributed by atoms with Crippen LogP contribution >= 0.6 is 0 Å². The number of aromatic nitrogens is 2. The quantitative estimate of drug-likeness (QED) is 0.739. The van der Waals surface area contributed by atoms with Gasteiger partial charge in [-0.25, -0.2) is 9.78 Å². The van der Waals surface area contributed by atoms with E-state index < -0.39 is 12.6 Å². The summed E-state index contributed by atoms with van der Waals surface area (Å²) >= 11 is 0. The zero-order chi connectivity index (χ0) is 12.1. The van der Waals surface area contributed by atoms with Crippen molar-refractivity contribution >= 4 is 5.97 Å². The summed E-state index contributed by atoms with van der Waals surface area (Å²) < 4.78 is 5.05. The molecule has 0 aliphatic rings. The highest BCUT2D eigenvalue weighted by molar-refractivity contribution is 5.68. The second-order valence-electron chi connectivity index (χ2n) is 3.30. The van der Waals surface area contributed by atoms with Crippen molar-refractivity contribution in [2.24, 2.45) is 0 Å². The molecule has 0 aromatic carbocycles. The Labute approximate surface area is 92.9 Å². The van der Waals surface area contributed by atoms with Crippen LogP contribution in [-0.4, -0.2) is 39.4 Å². The van der Waals surface area contributed by atoms with Crippen LogP contribution in [0.1, 0.15) is 17.1 Å². The first kappa shape index (κ1) is 12.4. The molecule has 0 bridgehead atoms. The van der Waals surface area contributed by atoms with Gasteiger partial charge in [-0.2, -0.15) is 4.98 Å². The molecular formula is C10H14N2O4. The van der Waals surface area contributed by atoms with E-state index in [9.17, 15) is 4.79 Å². The number of aryl methyl sites for hydroxylation is 2. The molecular weight excluding hydrogens is 212 g/mol. The Kier molecular flexibility index (Phi) is 4.19. The average molecular weight is 226 g/mol. The number of nitrogens with zero attached hydrogens (tertiary/aromatic N) is 2. The third-order valence-electron chi connectivity index (χ3n) is 1.98. The Bertz CT molecular complexity index is 393. The molecule has 0 saturated heterocycles. The summed E-state index contributed by atoms with van der Waals surface area (Å²) in [4.78, 5) is 18.5. The van der Waals surface area contributed by atoms with Crippen LogP contribution in [0.4, 0.5) is 0 Å². The standard InChI is InChI=1S/C10H14N2O4/c1-6-8(3-4-13)10(12-7(2)11-6)16-5-9(14)15/h13H,3-5H2,1-2H3,(H,14,15). The molecule has 0 aliphatic heterocycles. The fourth-order valence-corrected chi connectivity index (χ4v) is 1.35. The molecule has 0 amide bonds. The van der Waals surface area contributed by atoms with Gasteiger partial charge in [-0.05, 0) is 13.8 Å². The maximum absolute atomic E-state index is 10.4. The third kappa shape index (κ3) is 3.16. The molecule has 0 atom stereocenters. The molecule has 0 unspecified atom stereocenters. The number of carboxylic acid groups (broad SMARTS) is 1. The van der Waals surface area contributed by atoms with Gasteiger partial charge in [0.05, 0.1) is 0 Å². The zero-order valence-electron chi connectivity index (χ0n) is 9.23. The van der Waals surface area contributed by atoms with Gasteiger partial charge in [-0.1, -0.05) is 0 Å². The van der Waals surface area contributed by atoms with Crippen LogP contribution < -0.4 is 4.74 Å². The number of hydrogen-bond donors (Lipinski definition) is 2. The Morgan fingerprint density at radius 1 is 1.38 bits per heavy atom. The van der Waals surface area contributed by atoms with Gasteiger partial charge in [-0.3, -0.25) is 0 Å². The Balaban J connectivity index is 2.98. The fourth-order valence-electron chi connectivity index (χ4n) is 1.35. The van der Waals surface area contributed by atoms with Crippen molar-refractivity contribution in [3.05, 3.63) is 17.1 Å². The Morgan fingerprint density at radius 3 is 2.62 bits per heavy atom. The minimum absolute atomic E-state index is 0.0588. The number of carbonyl (C=O) groups is 1. The summed E-state index contributed by atoms with van der Waals surface area (Å²) in [6.07, 6.45) is 0.348. The summed E-state index contributed by atoms with van der Waals surface area (Å²) in [5.41, 5.74) is 1.34. The molecule has 6 nitrogen and oxygen atoms in total. The van der Waals surface area contributed by atoms with E-state index in [0.29, 0.717) is 23.5 Å². The Hall–Kier alpha value is -1.69. The molecule has 0 radical (unpaired) electrons. The van der Waals surface area contributed by atoms with Crippen LogP contribution in [0, 0.1) is 13.8 Å². The largest absolute Gasteiger partial charge is 0.479 e. The first-order valence-electron chi connectivity index (χ1n) is 4.84. The van der Waals surface area contributed by atoms with Gasteiger partial charge in [0.25, 0.3) is 0 Å². The van der Waals surface area contributed by atoms with Crippen molar-refractivity contribution in [1.82, 2.24) is 9.97 Å². The first-order chi connectivity index (χ1) is 7.54. The van der Waals surface area contributed by atoms with E-state index in [2.05, 4.69) is 9.97 Å². The molecule has 1 rings (SSSR count). The van der Waals surface area contributed by atoms with E-state index >= 15 is 0 Å². The predicted octanol–water partition coefficient (Wildman–Crippen LogP) is 0.0916. The molecule has 1 aromatic heterocycles. The van der Waals surface area contributed by atoms with Crippen molar-refractivity contribution in [1.29, 1.82) is 0 Å². The van der Waals surface area contributed by atoms with Gasteiger partial charge in [0.15, 0.2) is 6.61 Å². The van der Waals surface area contributed by atoms with E-state index in [-0.39, 0.29) is 12.5 Å². The highest BCUT2D eigenvalue weighted by Gasteiger charge is 2.12.